The van der Waals surface area contributed by atoms with Crippen LogP contribution in [-0.4, -0.2) is 73.6 Å². The van der Waals surface area contributed by atoms with Gasteiger partial charge in [0.05, 0.1) is 13.1 Å². The first-order valence-corrected chi connectivity index (χ1v) is 14.2. The number of carbonyl (C=O) groups excluding carboxylic acids is 2. The molecule has 0 aliphatic carbocycles. The van der Waals surface area contributed by atoms with Gasteiger partial charge in [0.25, 0.3) is 0 Å². The average molecular weight is 539 g/mol. The minimum Gasteiger partial charge on any atom is -0.490 e. The van der Waals surface area contributed by atoms with Crippen molar-refractivity contribution in [3.05, 3.63) is 59.7 Å². The molecule has 8 nitrogen and oxygen atoms in total. The lowest BCUT2D eigenvalue weighted by Crippen LogP contribution is -2.27. The van der Waals surface area contributed by atoms with Crippen molar-refractivity contribution in [3.8, 4) is 11.5 Å². The summed E-state index contributed by atoms with van der Waals surface area (Å²) in [6.07, 6.45) is 3.06. The first kappa shape index (κ1) is 28.6. The van der Waals surface area contributed by atoms with Gasteiger partial charge in [-0.2, -0.15) is 0 Å². The number of unbranched alkanes of at least 4 members (excludes halogenated alkanes) is 2. The fourth-order valence-corrected chi connectivity index (χ4v) is 4.87. The predicted molar refractivity (Wildman–Crippen MR) is 150 cm³/mol. The zero-order valence-electron chi connectivity index (χ0n) is 23.7. The van der Waals surface area contributed by atoms with E-state index < -0.39 is 0 Å². The Bertz CT molecular complexity index is 1000. The minimum atomic E-state index is -0.249. The Labute approximate surface area is 232 Å². The SMILES string of the molecule is CCCCN1CC(COc2ccc(C(C)(C)c3ccc(OCC4CN(CCCC)C(=O)O4)cc3)cc2)OC1=O. The molecule has 0 spiro atoms. The van der Waals surface area contributed by atoms with Gasteiger partial charge in [0.15, 0.2) is 12.2 Å². The lowest BCUT2D eigenvalue weighted by atomic mass is 9.78. The Morgan fingerprint density at radius 1 is 0.718 bits per heavy atom. The van der Waals surface area contributed by atoms with E-state index in [0.717, 1.165) is 61.4 Å². The summed E-state index contributed by atoms with van der Waals surface area (Å²) in [4.78, 5) is 27.5. The first-order chi connectivity index (χ1) is 18.8. The second-order valence-electron chi connectivity index (χ2n) is 10.9. The highest BCUT2D eigenvalue weighted by Crippen LogP contribution is 2.33. The minimum absolute atomic E-state index is 0.224. The van der Waals surface area contributed by atoms with E-state index in [0.29, 0.717) is 26.3 Å². The van der Waals surface area contributed by atoms with E-state index in [1.54, 1.807) is 9.80 Å². The molecule has 2 fully saturated rings. The van der Waals surface area contributed by atoms with E-state index >= 15 is 0 Å². The van der Waals surface area contributed by atoms with Gasteiger partial charge in [-0.25, -0.2) is 9.59 Å². The van der Waals surface area contributed by atoms with Crippen molar-refractivity contribution in [1.82, 2.24) is 9.80 Å². The van der Waals surface area contributed by atoms with Crippen LogP contribution in [-0.2, 0) is 14.9 Å². The average Bonchev–Trinajstić information content (AvgIpc) is 3.49. The van der Waals surface area contributed by atoms with Crippen LogP contribution in [0, 0.1) is 0 Å². The number of carbonyl (C=O) groups is 2. The summed E-state index contributed by atoms with van der Waals surface area (Å²) in [5, 5.41) is 0. The normalized spacial score (nSPS) is 19.3. The molecule has 0 bridgehead atoms. The first-order valence-electron chi connectivity index (χ1n) is 14.2. The van der Waals surface area contributed by atoms with Crippen LogP contribution in [0.25, 0.3) is 0 Å². The van der Waals surface area contributed by atoms with Crippen LogP contribution in [0.15, 0.2) is 48.5 Å². The molecular formula is C31H42N2O6. The molecular weight excluding hydrogens is 496 g/mol. The monoisotopic (exact) mass is 538 g/mol. The zero-order chi connectivity index (χ0) is 27.8. The maximum absolute atomic E-state index is 12.0. The fraction of sp³-hybridized carbons (Fsp3) is 0.548. The van der Waals surface area contributed by atoms with Crippen molar-refractivity contribution in [2.45, 2.75) is 71.0 Å². The third-order valence-electron chi connectivity index (χ3n) is 7.49. The van der Waals surface area contributed by atoms with Gasteiger partial charge in [-0.3, -0.25) is 0 Å². The van der Waals surface area contributed by atoms with Crippen LogP contribution in [0.3, 0.4) is 0 Å². The van der Waals surface area contributed by atoms with Crippen LogP contribution in [0.4, 0.5) is 9.59 Å². The number of hydrogen-bond acceptors (Lipinski definition) is 6. The Morgan fingerprint density at radius 3 is 1.46 bits per heavy atom. The van der Waals surface area contributed by atoms with E-state index in [4.69, 9.17) is 18.9 Å². The lowest BCUT2D eigenvalue weighted by Gasteiger charge is -2.26. The molecule has 2 unspecified atom stereocenters. The fourth-order valence-electron chi connectivity index (χ4n) is 4.87. The van der Waals surface area contributed by atoms with E-state index in [1.807, 2.05) is 24.3 Å². The van der Waals surface area contributed by atoms with E-state index in [9.17, 15) is 9.59 Å². The third-order valence-corrected chi connectivity index (χ3v) is 7.49. The van der Waals surface area contributed by atoms with E-state index in [2.05, 4.69) is 52.0 Å². The predicted octanol–water partition coefficient (Wildman–Crippen LogP) is 6.01. The Hall–Kier alpha value is -3.42. The van der Waals surface area contributed by atoms with Crippen molar-refractivity contribution < 1.29 is 28.5 Å². The molecule has 2 amide bonds. The molecule has 2 aliphatic rings. The lowest BCUT2D eigenvalue weighted by molar-refractivity contribution is 0.102. The van der Waals surface area contributed by atoms with Crippen LogP contribution in [0.2, 0.25) is 0 Å². The van der Waals surface area contributed by atoms with Crippen LogP contribution in [0.1, 0.15) is 64.5 Å². The number of rotatable bonds is 14. The molecule has 39 heavy (non-hydrogen) atoms. The highest BCUT2D eigenvalue weighted by molar-refractivity contribution is 5.70. The highest BCUT2D eigenvalue weighted by Gasteiger charge is 2.32. The van der Waals surface area contributed by atoms with Gasteiger partial charge in [0, 0.05) is 18.5 Å². The van der Waals surface area contributed by atoms with Crippen molar-refractivity contribution in [2.24, 2.45) is 0 Å². The smallest absolute Gasteiger partial charge is 0.410 e. The molecule has 0 N–H and O–H groups in total. The molecule has 2 saturated heterocycles. The van der Waals surface area contributed by atoms with Crippen molar-refractivity contribution in [1.29, 1.82) is 0 Å². The Balaban J connectivity index is 1.26. The topological polar surface area (TPSA) is 77.5 Å². The Kier molecular flexibility index (Phi) is 9.59. The second kappa shape index (κ2) is 13.1. The number of ether oxygens (including phenoxy) is 4. The van der Waals surface area contributed by atoms with Gasteiger partial charge in [-0.05, 0) is 48.2 Å². The second-order valence-corrected chi connectivity index (χ2v) is 10.9. The maximum Gasteiger partial charge on any atom is 0.410 e. The quantitative estimate of drug-likeness (QED) is 0.293. The van der Waals surface area contributed by atoms with Crippen molar-refractivity contribution in [3.63, 3.8) is 0 Å². The summed E-state index contributed by atoms with van der Waals surface area (Å²) < 4.78 is 22.7. The molecule has 2 heterocycles. The summed E-state index contributed by atoms with van der Waals surface area (Å²) in [5.74, 6) is 1.50. The van der Waals surface area contributed by atoms with Gasteiger partial charge in [-0.15, -0.1) is 0 Å². The molecule has 2 aliphatic heterocycles. The maximum atomic E-state index is 12.0. The highest BCUT2D eigenvalue weighted by atomic mass is 16.6. The summed E-state index contributed by atoms with van der Waals surface area (Å²) in [6, 6.07) is 16.2. The van der Waals surface area contributed by atoms with Crippen LogP contribution in [0.5, 0.6) is 11.5 Å². The summed E-state index contributed by atoms with van der Waals surface area (Å²) in [5.41, 5.74) is 2.09. The van der Waals surface area contributed by atoms with Gasteiger partial charge >= 0.3 is 12.2 Å². The summed E-state index contributed by atoms with van der Waals surface area (Å²) >= 11 is 0. The van der Waals surface area contributed by atoms with Crippen molar-refractivity contribution in [2.75, 3.05) is 39.4 Å². The molecule has 0 aromatic heterocycles. The molecule has 8 heteroatoms. The molecule has 0 saturated carbocycles. The van der Waals surface area contributed by atoms with E-state index in [1.165, 1.54) is 0 Å². The Morgan fingerprint density at radius 2 is 1.10 bits per heavy atom. The zero-order valence-corrected chi connectivity index (χ0v) is 23.7. The third kappa shape index (κ3) is 7.37. The number of amides is 2. The van der Waals surface area contributed by atoms with Gasteiger partial charge in [0.1, 0.15) is 24.7 Å². The summed E-state index contributed by atoms with van der Waals surface area (Å²) in [6.45, 7) is 11.9. The van der Waals surface area contributed by atoms with Crippen LogP contribution < -0.4 is 9.47 Å². The van der Waals surface area contributed by atoms with E-state index in [-0.39, 0.29) is 29.8 Å². The number of hydrogen-bond donors (Lipinski definition) is 0. The standard InChI is InChI=1S/C31H42N2O6/c1-5-7-17-32-19-27(38-29(32)34)21-36-25-13-9-23(10-14-25)31(3,4)24-11-15-26(16-12-24)37-22-28-20-33(18-8-6-2)30(35)39-28/h9-16,27-28H,5-8,17-22H2,1-4H3. The van der Waals surface area contributed by atoms with Gasteiger partial charge in [0.2, 0.25) is 0 Å². The number of nitrogens with zero attached hydrogens (tertiary/aromatic N) is 2. The molecule has 212 valence electrons. The number of benzene rings is 2. The molecule has 2 atom stereocenters. The summed E-state index contributed by atoms with van der Waals surface area (Å²) in [7, 11) is 0. The molecule has 2 aromatic carbocycles. The van der Waals surface area contributed by atoms with Crippen LogP contribution >= 0.6 is 0 Å². The molecule has 2 aromatic rings. The molecule has 0 radical (unpaired) electrons. The van der Waals surface area contributed by atoms with Crippen molar-refractivity contribution >= 4 is 12.2 Å². The number of cyclic esters (lactones) is 2. The van der Waals surface area contributed by atoms with Gasteiger partial charge in [-0.1, -0.05) is 64.8 Å². The largest absolute Gasteiger partial charge is 0.490 e. The van der Waals surface area contributed by atoms with Gasteiger partial charge < -0.3 is 28.7 Å². The molecule has 4 rings (SSSR count).